The molecule has 0 atom stereocenters. The zero-order chi connectivity index (χ0) is 13.5. The summed E-state index contributed by atoms with van der Waals surface area (Å²) >= 11 is 0. The summed E-state index contributed by atoms with van der Waals surface area (Å²) in [7, 11) is 1.41. The van der Waals surface area contributed by atoms with E-state index in [9.17, 15) is 14.9 Å². The fraction of sp³-hybridized carbons (Fsp3) is 0.273. The Morgan fingerprint density at radius 1 is 1.56 bits per heavy atom. The van der Waals surface area contributed by atoms with Gasteiger partial charge in [-0.1, -0.05) is 12.1 Å². The second-order valence-corrected chi connectivity index (χ2v) is 3.28. The molecule has 0 bridgehead atoms. The molecule has 1 aromatic rings. The zero-order valence-electron chi connectivity index (χ0n) is 10.1. The molecule has 0 radical (unpaired) electrons. The van der Waals surface area contributed by atoms with E-state index < -0.39 is 11.0 Å². The van der Waals surface area contributed by atoms with Gasteiger partial charge in [0, 0.05) is 13.1 Å². The van der Waals surface area contributed by atoms with Crippen molar-refractivity contribution in [2.24, 2.45) is 5.10 Å². The summed E-state index contributed by atoms with van der Waals surface area (Å²) in [6.45, 7) is 1.92. The largest absolute Gasteiger partial charge is 0.448 e. The van der Waals surface area contributed by atoms with E-state index in [0.717, 1.165) is 5.01 Å². The minimum atomic E-state index is -0.618. The number of rotatable bonds is 4. The van der Waals surface area contributed by atoms with Gasteiger partial charge in [0.1, 0.15) is 0 Å². The summed E-state index contributed by atoms with van der Waals surface area (Å²) in [5.41, 5.74) is 0.247. The van der Waals surface area contributed by atoms with Crippen LogP contribution in [0.3, 0.4) is 0 Å². The van der Waals surface area contributed by atoms with E-state index in [0.29, 0.717) is 5.56 Å². The van der Waals surface area contributed by atoms with Gasteiger partial charge in [-0.2, -0.15) is 5.10 Å². The molecule has 0 N–H and O–H groups in total. The maximum Gasteiger partial charge on any atom is 0.430 e. The number of hydrogen-bond donors (Lipinski definition) is 0. The molecular formula is C11H13N3O4. The highest BCUT2D eigenvalue weighted by Crippen LogP contribution is 2.15. The molecule has 0 unspecified atom stereocenters. The van der Waals surface area contributed by atoms with Crippen LogP contribution in [-0.4, -0.2) is 35.9 Å². The van der Waals surface area contributed by atoms with Crippen LogP contribution in [0.5, 0.6) is 0 Å². The van der Waals surface area contributed by atoms with E-state index in [4.69, 9.17) is 4.74 Å². The van der Waals surface area contributed by atoms with Gasteiger partial charge in [-0.25, -0.2) is 9.80 Å². The summed E-state index contributed by atoms with van der Waals surface area (Å²) in [6.07, 6.45) is 0.627. The molecule has 0 heterocycles. The number of para-hydroxylation sites is 1. The van der Waals surface area contributed by atoms with Crippen LogP contribution in [-0.2, 0) is 4.74 Å². The lowest BCUT2D eigenvalue weighted by Crippen LogP contribution is -2.22. The highest BCUT2D eigenvalue weighted by Gasteiger charge is 2.11. The van der Waals surface area contributed by atoms with Crippen LogP contribution in [0.2, 0.25) is 0 Å². The minimum Gasteiger partial charge on any atom is -0.448 e. The lowest BCUT2D eigenvalue weighted by Gasteiger charge is -2.09. The Bertz CT molecular complexity index is 473. The third-order valence-electron chi connectivity index (χ3n) is 2.04. The van der Waals surface area contributed by atoms with Gasteiger partial charge < -0.3 is 4.74 Å². The molecule has 0 aliphatic heterocycles. The van der Waals surface area contributed by atoms with Crippen molar-refractivity contribution in [2.75, 3.05) is 13.7 Å². The summed E-state index contributed by atoms with van der Waals surface area (Å²) in [5.74, 6) is 0. The van der Waals surface area contributed by atoms with Gasteiger partial charge in [0.2, 0.25) is 0 Å². The highest BCUT2D eigenvalue weighted by atomic mass is 16.6. The van der Waals surface area contributed by atoms with Crippen molar-refractivity contribution in [3.63, 3.8) is 0 Å². The first-order valence-corrected chi connectivity index (χ1v) is 5.24. The topological polar surface area (TPSA) is 85.0 Å². The Morgan fingerprint density at radius 3 is 2.83 bits per heavy atom. The summed E-state index contributed by atoms with van der Waals surface area (Å²) in [6, 6.07) is 6.12. The summed E-state index contributed by atoms with van der Waals surface area (Å²) in [5, 5.41) is 15.5. The van der Waals surface area contributed by atoms with Crippen LogP contribution in [0, 0.1) is 10.1 Å². The molecule has 96 valence electrons. The van der Waals surface area contributed by atoms with E-state index in [1.165, 1.54) is 19.3 Å². The average Bonchev–Trinajstić information content (AvgIpc) is 2.36. The number of nitrogens with zero attached hydrogens (tertiary/aromatic N) is 3. The number of carbonyl (C=O) groups excluding carboxylic acids is 1. The van der Waals surface area contributed by atoms with Gasteiger partial charge in [0.05, 0.1) is 23.3 Å². The molecule has 0 aromatic heterocycles. The van der Waals surface area contributed by atoms with Crippen LogP contribution in [0.25, 0.3) is 0 Å². The SMILES string of the molecule is CCOC(=O)N(C)N=Cc1ccccc1[N+](=O)[O-]. The third kappa shape index (κ3) is 3.55. The average molecular weight is 251 g/mol. The second kappa shape index (κ2) is 6.33. The molecule has 1 rings (SSSR count). The van der Waals surface area contributed by atoms with Crippen molar-refractivity contribution in [1.82, 2.24) is 5.01 Å². The molecule has 0 saturated heterocycles. The van der Waals surface area contributed by atoms with Crippen LogP contribution in [0.1, 0.15) is 12.5 Å². The molecule has 0 spiro atoms. The van der Waals surface area contributed by atoms with E-state index in [-0.39, 0.29) is 12.3 Å². The van der Waals surface area contributed by atoms with Crippen molar-refractivity contribution >= 4 is 18.0 Å². The number of benzene rings is 1. The zero-order valence-corrected chi connectivity index (χ0v) is 10.1. The first-order chi connectivity index (χ1) is 8.56. The quantitative estimate of drug-likeness (QED) is 0.465. The normalized spacial score (nSPS) is 10.3. The number of ether oxygens (including phenoxy) is 1. The predicted octanol–water partition coefficient (Wildman–Crippen LogP) is 2.02. The number of hydrazone groups is 1. The molecule has 0 saturated carbocycles. The standard InChI is InChI=1S/C11H13N3O4/c1-3-18-11(15)13(2)12-8-9-6-4-5-7-10(9)14(16)17/h4-8H,3H2,1-2H3. The lowest BCUT2D eigenvalue weighted by atomic mass is 10.2. The van der Waals surface area contributed by atoms with Crippen molar-refractivity contribution < 1.29 is 14.5 Å². The van der Waals surface area contributed by atoms with Gasteiger partial charge in [0.15, 0.2) is 0 Å². The number of nitro benzene ring substituents is 1. The first-order valence-electron chi connectivity index (χ1n) is 5.24. The maximum atomic E-state index is 11.2. The molecule has 0 fully saturated rings. The highest BCUT2D eigenvalue weighted by molar-refractivity contribution is 5.85. The number of carbonyl (C=O) groups is 1. The van der Waals surface area contributed by atoms with Gasteiger partial charge in [0.25, 0.3) is 5.69 Å². The van der Waals surface area contributed by atoms with E-state index in [2.05, 4.69) is 5.10 Å². The summed E-state index contributed by atoms with van der Waals surface area (Å²) < 4.78 is 4.71. The van der Waals surface area contributed by atoms with E-state index in [1.54, 1.807) is 25.1 Å². The van der Waals surface area contributed by atoms with Crippen molar-refractivity contribution in [2.45, 2.75) is 6.92 Å². The van der Waals surface area contributed by atoms with Crippen LogP contribution < -0.4 is 0 Å². The van der Waals surface area contributed by atoms with E-state index >= 15 is 0 Å². The second-order valence-electron chi connectivity index (χ2n) is 3.28. The summed E-state index contributed by atoms with van der Waals surface area (Å²) in [4.78, 5) is 21.5. The molecular weight excluding hydrogens is 238 g/mol. The molecule has 7 nitrogen and oxygen atoms in total. The third-order valence-corrected chi connectivity index (χ3v) is 2.04. The molecule has 1 aromatic carbocycles. The van der Waals surface area contributed by atoms with Gasteiger partial charge >= 0.3 is 6.09 Å². The van der Waals surface area contributed by atoms with Crippen LogP contribution >= 0.6 is 0 Å². The molecule has 18 heavy (non-hydrogen) atoms. The van der Waals surface area contributed by atoms with Crippen molar-refractivity contribution in [3.8, 4) is 0 Å². The van der Waals surface area contributed by atoms with Crippen LogP contribution in [0.15, 0.2) is 29.4 Å². The Labute approximate surface area is 104 Å². The Kier molecular flexibility index (Phi) is 4.79. The molecule has 0 aliphatic rings. The Balaban J connectivity index is 2.84. The first kappa shape index (κ1) is 13.6. The number of hydrogen-bond acceptors (Lipinski definition) is 5. The van der Waals surface area contributed by atoms with E-state index in [1.807, 2.05) is 0 Å². The van der Waals surface area contributed by atoms with Crippen molar-refractivity contribution in [3.05, 3.63) is 39.9 Å². The maximum absolute atomic E-state index is 11.2. The minimum absolute atomic E-state index is 0.0708. The van der Waals surface area contributed by atoms with Gasteiger partial charge in [-0.15, -0.1) is 0 Å². The fourth-order valence-corrected chi connectivity index (χ4v) is 1.18. The number of amides is 1. The lowest BCUT2D eigenvalue weighted by molar-refractivity contribution is -0.385. The smallest absolute Gasteiger partial charge is 0.430 e. The molecule has 1 amide bonds. The van der Waals surface area contributed by atoms with Gasteiger partial charge in [-0.05, 0) is 13.0 Å². The molecule has 0 aliphatic carbocycles. The molecule has 7 heteroatoms. The number of nitro groups is 1. The van der Waals surface area contributed by atoms with Crippen LogP contribution in [0.4, 0.5) is 10.5 Å². The van der Waals surface area contributed by atoms with Crippen molar-refractivity contribution in [1.29, 1.82) is 0 Å². The monoisotopic (exact) mass is 251 g/mol. The Hall–Kier alpha value is -2.44. The van der Waals surface area contributed by atoms with Gasteiger partial charge in [-0.3, -0.25) is 10.1 Å². The Morgan fingerprint density at radius 2 is 2.22 bits per heavy atom. The predicted molar refractivity (Wildman–Crippen MR) is 65.5 cm³/mol. The fourth-order valence-electron chi connectivity index (χ4n) is 1.18.